The van der Waals surface area contributed by atoms with Gasteiger partial charge in [0.25, 0.3) is 0 Å². The van der Waals surface area contributed by atoms with Crippen molar-refractivity contribution in [2.45, 2.75) is 13.2 Å². The van der Waals surface area contributed by atoms with Crippen LogP contribution in [0.5, 0.6) is 17.2 Å². The summed E-state index contributed by atoms with van der Waals surface area (Å²) in [5.41, 5.74) is 0.993. The molecule has 0 radical (unpaired) electrons. The van der Waals surface area contributed by atoms with Gasteiger partial charge in [0, 0.05) is 5.56 Å². The van der Waals surface area contributed by atoms with Gasteiger partial charge in [-0.15, -0.1) is 0 Å². The van der Waals surface area contributed by atoms with E-state index < -0.39 is 0 Å². The van der Waals surface area contributed by atoms with E-state index in [1.54, 1.807) is 20.5 Å². The summed E-state index contributed by atoms with van der Waals surface area (Å²) in [4.78, 5) is 0. The fraction of sp³-hybridized carbons (Fsp3) is 0.333. The molecule has 20 heavy (non-hydrogen) atoms. The van der Waals surface area contributed by atoms with E-state index in [9.17, 15) is 0 Å². The van der Waals surface area contributed by atoms with Crippen molar-refractivity contribution in [1.82, 2.24) is 5.32 Å². The molecule has 1 aromatic carbocycles. The van der Waals surface area contributed by atoms with Crippen LogP contribution in [0.15, 0.2) is 34.9 Å². The Kier molecular flexibility index (Phi) is 4.90. The van der Waals surface area contributed by atoms with Crippen molar-refractivity contribution >= 4 is 0 Å². The van der Waals surface area contributed by atoms with Gasteiger partial charge in [-0.2, -0.15) is 0 Å². The Morgan fingerprint density at radius 1 is 1.10 bits per heavy atom. The number of benzene rings is 1. The van der Waals surface area contributed by atoms with Gasteiger partial charge in [-0.25, -0.2) is 0 Å². The summed E-state index contributed by atoms with van der Waals surface area (Å²) in [5, 5.41) is 3.06. The molecule has 108 valence electrons. The molecule has 1 aromatic heterocycles. The molecule has 2 aromatic rings. The van der Waals surface area contributed by atoms with E-state index in [-0.39, 0.29) is 0 Å². The average molecular weight is 277 g/mol. The van der Waals surface area contributed by atoms with E-state index in [2.05, 4.69) is 5.32 Å². The largest absolute Gasteiger partial charge is 0.493 e. The lowest BCUT2D eigenvalue weighted by atomic mass is 10.2. The van der Waals surface area contributed by atoms with Gasteiger partial charge in [0.2, 0.25) is 5.75 Å². The van der Waals surface area contributed by atoms with E-state index in [0.29, 0.717) is 30.4 Å². The Morgan fingerprint density at radius 2 is 1.80 bits per heavy atom. The van der Waals surface area contributed by atoms with Crippen molar-refractivity contribution < 1.29 is 18.6 Å². The first-order valence-electron chi connectivity index (χ1n) is 6.33. The van der Waals surface area contributed by atoms with Gasteiger partial charge in [-0.05, 0) is 25.2 Å². The molecule has 0 atom stereocenters. The van der Waals surface area contributed by atoms with E-state index in [0.717, 1.165) is 11.3 Å². The van der Waals surface area contributed by atoms with Crippen LogP contribution in [-0.2, 0) is 13.2 Å². The Bertz CT molecular complexity index is 528. The summed E-state index contributed by atoms with van der Waals surface area (Å²) in [5.74, 6) is 2.74. The summed E-state index contributed by atoms with van der Waals surface area (Å²) in [7, 11) is 5.08. The summed E-state index contributed by atoms with van der Waals surface area (Å²) >= 11 is 0. The number of nitrogens with one attached hydrogen (secondary N) is 1. The van der Waals surface area contributed by atoms with E-state index in [4.69, 9.17) is 18.6 Å². The van der Waals surface area contributed by atoms with Crippen LogP contribution in [0, 0.1) is 0 Å². The maximum absolute atomic E-state index is 5.84. The topological polar surface area (TPSA) is 52.9 Å². The highest BCUT2D eigenvalue weighted by Gasteiger charge is 2.13. The van der Waals surface area contributed by atoms with Gasteiger partial charge in [-0.1, -0.05) is 6.07 Å². The van der Waals surface area contributed by atoms with E-state index in [1.807, 2.05) is 31.3 Å². The number of para-hydroxylation sites is 1. The third-order valence-corrected chi connectivity index (χ3v) is 2.93. The van der Waals surface area contributed by atoms with Crippen molar-refractivity contribution in [2.24, 2.45) is 0 Å². The van der Waals surface area contributed by atoms with E-state index >= 15 is 0 Å². The van der Waals surface area contributed by atoms with Crippen molar-refractivity contribution in [3.8, 4) is 17.2 Å². The first-order valence-corrected chi connectivity index (χ1v) is 6.33. The molecule has 0 saturated carbocycles. The highest BCUT2D eigenvalue weighted by molar-refractivity contribution is 5.51. The molecule has 0 bridgehead atoms. The van der Waals surface area contributed by atoms with Crippen molar-refractivity contribution in [1.29, 1.82) is 0 Å². The van der Waals surface area contributed by atoms with Crippen LogP contribution in [0.1, 0.15) is 11.3 Å². The smallest absolute Gasteiger partial charge is 0.203 e. The molecule has 5 heteroatoms. The predicted molar refractivity (Wildman–Crippen MR) is 75.3 cm³/mol. The highest BCUT2D eigenvalue weighted by Crippen LogP contribution is 2.37. The summed E-state index contributed by atoms with van der Waals surface area (Å²) in [6.07, 6.45) is 1.66. The molecular formula is C15H19NO4. The minimum atomic E-state index is 0.393. The maximum atomic E-state index is 5.84. The summed E-state index contributed by atoms with van der Waals surface area (Å²) in [6.45, 7) is 1.05. The van der Waals surface area contributed by atoms with Crippen LogP contribution in [0.2, 0.25) is 0 Å². The first-order chi connectivity index (χ1) is 9.80. The molecule has 1 N–H and O–H groups in total. The monoisotopic (exact) mass is 277 g/mol. The minimum Gasteiger partial charge on any atom is -0.493 e. The molecule has 0 amide bonds. The van der Waals surface area contributed by atoms with Crippen LogP contribution >= 0.6 is 0 Å². The normalized spacial score (nSPS) is 10.3. The van der Waals surface area contributed by atoms with Gasteiger partial charge in [0.15, 0.2) is 11.5 Å². The quantitative estimate of drug-likeness (QED) is 0.843. The zero-order chi connectivity index (χ0) is 14.4. The zero-order valence-electron chi connectivity index (χ0n) is 11.9. The number of hydrogen-bond donors (Lipinski definition) is 1. The van der Waals surface area contributed by atoms with Gasteiger partial charge < -0.3 is 23.9 Å². The van der Waals surface area contributed by atoms with Crippen molar-refractivity contribution in [2.75, 3.05) is 21.3 Å². The average Bonchev–Trinajstić information content (AvgIpc) is 2.92. The van der Waals surface area contributed by atoms with Crippen LogP contribution in [0.3, 0.4) is 0 Å². The molecule has 0 aliphatic rings. The number of ether oxygens (including phenoxy) is 3. The fourth-order valence-electron chi connectivity index (χ4n) is 1.92. The molecule has 0 spiro atoms. The second-order valence-electron chi connectivity index (χ2n) is 4.18. The molecular weight excluding hydrogens is 258 g/mol. The molecule has 5 nitrogen and oxygen atoms in total. The molecule has 2 rings (SSSR count). The lowest BCUT2D eigenvalue weighted by Gasteiger charge is -2.14. The minimum absolute atomic E-state index is 0.393. The Hall–Kier alpha value is -2.14. The fourth-order valence-corrected chi connectivity index (χ4v) is 1.92. The van der Waals surface area contributed by atoms with Crippen LogP contribution in [0.25, 0.3) is 0 Å². The molecule has 0 aliphatic heterocycles. The Labute approximate surface area is 118 Å². The number of furan rings is 1. The second kappa shape index (κ2) is 6.86. The third-order valence-electron chi connectivity index (χ3n) is 2.93. The Morgan fingerprint density at radius 3 is 2.40 bits per heavy atom. The van der Waals surface area contributed by atoms with Gasteiger partial charge >= 0.3 is 0 Å². The molecule has 0 unspecified atom stereocenters. The number of hydrogen-bond acceptors (Lipinski definition) is 5. The second-order valence-corrected chi connectivity index (χ2v) is 4.18. The molecule has 0 saturated heterocycles. The maximum Gasteiger partial charge on any atom is 0.203 e. The predicted octanol–water partition coefficient (Wildman–Crippen LogP) is 2.60. The molecule has 1 heterocycles. The highest BCUT2D eigenvalue weighted by atomic mass is 16.5. The van der Waals surface area contributed by atoms with Crippen molar-refractivity contribution in [3.05, 3.63) is 41.9 Å². The summed E-state index contributed by atoms with van der Waals surface area (Å²) < 4.78 is 21.8. The molecule has 0 fully saturated rings. The van der Waals surface area contributed by atoms with E-state index in [1.165, 1.54) is 0 Å². The van der Waals surface area contributed by atoms with Crippen LogP contribution in [-0.4, -0.2) is 21.3 Å². The van der Waals surface area contributed by atoms with Gasteiger partial charge in [-0.3, -0.25) is 0 Å². The van der Waals surface area contributed by atoms with Crippen molar-refractivity contribution in [3.63, 3.8) is 0 Å². The lowest BCUT2D eigenvalue weighted by molar-refractivity contribution is 0.263. The molecule has 0 aliphatic carbocycles. The zero-order valence-corrected chi connectivity index (χ0v) is 11.9. The van der Waals surface area contributed by atoms with Crippen LogP contribution < -0.4 is 19.5 Å². The SMILES string of the molecule is CNCc1occc1COc1c(OC)cccc1OC. The Balaban J connectivity index is 2.16. The van der Waals surface area contributed by atoms with Crippen LogP contribution in [0.4, 0.5) is 0 Å². The lowest BCUT2D eigenvalue weighted by Crippen LogP contribution is -2.07. The number of rotatable bonds is 7. The standard InChI is InChI=1S/C15H19NO4/c1-16-9-14-11(7-8-19-14)10-20-15-12(17-2)5-4-6-13(15)18-3/h4-8,16H,9-10H2,1-3H3. The van der Waals surface area contributed by atoms with Gasteiger partial charge in [0.1, 0.15) is 12.4 Å². The summed E-state index contributed by atoms with van der Waals surface area (Å²) in [6, 6.07) is 7.42. The third kappa shape index (κ3) is 3.05. The van der Waals surface area contributed by atoms with Gasteiger partial charge in [0.05, 0.1) is 27.0 Å². The first kappa shape index (κ1) is 14.3. The number of methoxy groups -OCH3 is 2.